The van der Waals surface area contributed by atoms with Gasteiger partial charge in [-0.05, 0) is 6.92 Å². The summed E-state index contributed by atoms with van der Waals surface area (Å²) in [5.74, 6) is 0.392. The number of Topliss-reactive ketones (excluding diaryl/α,β-unsaturated/α-hetero) is 1. The molecule has 4 nitrogen and oxygen atoms in total. The molecule has 1 aliphatic heterocycles. The number of thioether (sulfide) groups is 1. The Morgan fingerprint density at radius 3 is 2.69 bits per heavy atom. The monoisotopic (exact) mass is 221 g/mol. The Kier molecular flexibility index (Phi) is 3.49. The number of hydrogen-bond acceptors (Lipinski definition) is 4. The Morgan fingerprint density at radius 2 is 2.31 bits per heavy atom. The number of ketones is 1. The van der Waals surface area contributed by atoms with E-state index < -0.39 is 6.09 Å². The average Bonchev–Trinajstić information content (AvgIpc) is 2.50. The highest BCUT2D eigenvalue weighted by Gasteiger charge is 2.32. The first-order valence-corrected chi connectivity index (χ1v) is 5.40. The van der Waals surface area contributed by atoms with Gasteiger partial charge in [0, 0.05) is 6.54 Å². The zero-order valence-corrected chi connectivity index (χ0v) is 8.85. The molecule has 0 aromatic heterocycles. The highest BCUT2D eigenvalue weighted by atomic mass is 32.2. The van der Waals surface area contributed by atoms with Crippen LogP contribution in [0.5, 0.6) is 0 Å². The predicted molar refractivity (Wildman–Crippen MR) is 54.4 cm³/mol. The summed E-state index contributed by atoms with van der Waals surface area (Å²) in [5.41, 5.74) is 0. The molecule has 0 radical (unpaired) electrons. The molecule has 0 aliphatic carbocycles. The second kappa shape index (κ2) is 4.23. The van der Waals surface area contributed by atoms with Crippen LogP contribution in [0.4, 0.5) is 4.79 Å². The van der Waals surface area contributed by atoms with Crippen LogP contribution < -0.4 is 0 Å². The number of amides is 1. The van der Waals surface area contributed by atoms with Crippen molar-refractivity contribution in [1.82, 2.24) is 4.90 Å². The highest BCUT2D eigenvalue weighted by Crippen LogP contribution is 2.24. The Hall–Kier alpha value is -0.360. The minimum Gasteiger partial charge on any atom is -0.465 e. The first-order valence-electron chi connectivity index (χ1n) is 3.83. The molecular formula is C7H11NO3S2. The van der Waals surface area contributed by atoms with Crippen LogP contribution in [0, 0.1) is 0 Å². The van der Waals surface area contributed by atoms with Crippen LogP contribution in [0.1, 0.15) is 6.92 Å². The van der Waals surface area contributed by atoms with Gasteiger partial charge < -0.3 is 5.11 Å². The van der Waals surface area contributed by atoms with Gasteiger partial charge in [0.2, 0.25) is 0 Å². The summed E-state index contributed by atoms with van der Waals surface area (Å²) in [4.78, 5) is 23.2. The molecule has 1 saturated heterocycles. The first kappa shape index (κ1) is 10.7. The van der Waals surface area contributed by atoms with Gasteiger partial charge in [-0.25, -0.2) is 4.79 Å². The topological polar surface area (TPSA) is 57.6 Å². The SMILES string of the molecule is CC(S)C(=O)C1CN(C(=O)O)CS1. The van der Waals surface area contributed by atoms with Crippen molar-refractivity contribution in [2.75, 3.05) is 12.4 Å². The maximum absolute atomic E-state index is 11.4. The Labute approximate surface area is 86.1 Å². The molecule has 2 atom stereocenters. The number of carboxylic acid groups (broad SMARTS) is 1. The zero-order chi connectivity index (χ0) is 10.0. The Morgan fingerprint density at radius 1 is 1.69 bits per heavy atom. The molecule has 1 amide bonds. The molecule has 6 heteroatoms. The summed E-state index contributed by atoms with van der Waals surface area (Å²) >= 11 is 5.38. The largest absolute Gasteiger partial charge is 0.465 e. The molecule has 1 N–H and O–H groups in total. The van der Waals surface area contributed by atoms with Gasteiger partial charge in [-0.2, -0.15) is 12.6 Å². The highest BCUT2D eigenvalue weighted by molar-refractivity contribution is 8.01. The number of carbonyl (C=O) groups is 2. The van der Waals surface area contributed by atoms with Crippen LogP contribution in [-0.4, -0.2) is 44.8 Å². The molecule has 0 saturated carbocycles. The summed E-state index contributed by atoms with van der Waals surface area (Å²) in [7, 11) is 0. The van der Waals surface area contributed by atoms with Gasteiger partial charge in [-0.3, -0.25) is 9.69 Å². The Balaban J connectivity index is 2.50. The third-order valence-corrected chi connectivity index (χ3v) is 3.32. The average molecular weight is 221 g/mol. The summed E-state index contributed by atoms with van der Waals surface area (Å²) in [6, 6.07) is 0. The van der Waals surface area contributed by atoms with E-state index in [1.807, 2.05) is 0 Å². The van der Waals surface area contributed by atoms with Crippen molar-refractivity contribution in [2.45, 2.75) is 17.4 Å². The molecule has 0 spiro atoms. The molecular weight excluding hydrogens is 210 g/mol. The summed E-state index contributed by atoms with van der Waals surface area (Å²) in [6.45, 7) is 2.00. The molecule has 1 rings (SSSR count). The second-order valence-electron chi connectivity index (χ2n) is 2.87. The van der Waals surface area contributed by atoms with Gasteiger partial charge in [0.05, 0.1) is 16.4 Å². The van der Waals surface area contributed by atoms with Crippen LogP contribution >= 0.6 is 24.4 Å². The first-order chi connectivity index (χ1) is 6.02. The van der Waals surface area contributed by atoms with Crippen molar-refractivity contribution in [3.63, 3.8) is 0 Å². The molecule has 74 valence electrons. The van der Waals surface area contributed by atoms with Gasteiger partial charge in [-0.15, -0.1) is 11.8 Å². The van der Waals surface area contributed by atoms with Crippen molar-refractivity contribution >= 4 is 36.3 Å². The molecule has 0 aromatic rings. The van der Waals surface area contributed by atoms with E-state index in [0.717, 1.165) is 0 Å². The normalized spacial score (nSPS) is 24.5. The van der Waals surface area contributed by atoms with Gasteiger partial charge in [0.1, 0.15) is 0 Å². The van der Waals surface area contributed by atoms with Crippen LogP contribution in [0.15, 0.2) is 0 Å². The minimum atomic E-state index is -0.963. The van der Waals surface area contributed by atoms with Crippen molar-refractivity contribution in [2.24, 2.45) is 0 Å². The molecule has 1 aliphatic rings. The maximum Gasteiger partial charge on any atom is 0.408 e. The summed E-state index contributed by atoms with van der Waals surface area (Å²) in [6.07, 6.45) is -0.963. The lowest BCUT2D eigenvalue weighted by molar-refractivity contribution is -0.117. The van der Waals surface area contributed by atoms with E-state index in [1.165, 1.54) is 16.7 Å². The van der Waals surface area contributed by atoms with E-state index in [9.17, 15) is 9.59 Å². The van der Waals surface area contributed by atoms with Crippen molar-refractivity contribution in [3.05, 3.63) is 0 Å². The van der Waals surface area contributed by atoms with Gasteiger partial charge in [0.25, 0.3) is 0 Å². The summed E-state index contributed by atoms with van der Waals surface area (Å²) in [5, 5.41) is 8.09. The molecule has 1 fully saturated rings. The van der Waals surface area contributed by atoms with E-state index in [-0.39, 0.29) is 16.3 Å². The molecule has 2 unspecified atom stereocenters. The smallest absolute Gasteiger partial charge is 0.408 e. The third-order valence-electron chi connectivity index (χ3n) is 1.82. The Bertz CT molecular complexity index is 232. The van der Waals surface area contributed by atoms with Crippen LogP contribution in [0.3, 0.4) is 0 Å². The quantitative estimate of drug-likeness (QED) is 0.681. The van der Waals surface area contributed by atoms with Crippen LogP contribution in [-0.2, 0) is 4.79 Å². The standard InChI is InChI=1S/C7H11NO3S2/c1-4(12)6(9)5-2-8(3-13-5)7(10)11/h4-5,12H,2-3H2,1H3,(H,10,11). The third kappa shape index (κ3) is 2.54. The number of hydrogen-bond donors (Lipinski definition) is 2. The fraction of sp³-hybridized carbons (Fsp3) is 0.714. The molecule has 13 heavy (non-hydrogen) atoms. The molecule has 1 heterocycles. The van der Waals surface area contributed by atoms with Crippen molar-refractivity contribution in [1.29, 1.82) is 0 Å². The number of thiol groups is 1. The lowest BCUT2D eigenvalue weighted by atomic mass is 10.2. The van der Waals surface area contributed by atoms with Crippen molar-refractivity contribution in [3.8, 4) is 0 Å². The van der Waals surface area contributed by atoms with Crippen LogP contribution in [0.25, 0.3) is 0 Å². The second-order valence-corrected chi connectivity index (χ2v) is 4.80. The lowest BCUT2D eigenvalue weighted by Gasteiger charge is -2.11. The molecule has 0 aromatic carbocycles. The lowest BCUT2D eigenvalue weighted by Crippen LogP contribution is -2.32. The molecule has 0 bridgehead atoms. The number of rotatable bonds is 2. The summed E-state index contributed by atoms with van der Waals surface area (Å²) < 4.78 is 0. The van der Waals surface area contributed by atoms with Gasteiger partial charge in [0.15, 0.2) is 5.78 Å². The van der Waals surface area contributed by atoms with Crippen molar-refractivity contribution < 1.29 is 14.7 Å². The number of carbonyl (C=O) groups excluding carboxylic acids is 1. The maximum atomic E-state index is 11.4. The van der Waals surface area contributed by atoms with E-state index in [4.69, 9.17) is 5.11 Å². The van der Waals surface area contributed by atoms with Crippen LogP contribution in [0.2, 0.25) is 0 Å². The van der Waals surface area contributed by atoms with Gasteiger partial charge in [-0.1, -0.05) is 0 Å². The fourth-order valence-corrected chi connectivity index (χ4v) is 2.57. The van der Waals surface area contributed by atoms with E-state index >= 15 is 0 Å². The van der Waals surface area contributed by atoms with E-state index in [1.54, 1.807) is 6.92 Å². The van der Waals surface area contributed by atoms with Gasteiger partial charge >= 0.3 is 6.09 Å². The van der Waals surface area contributed by atoms with E-state index in [0.29, 0.717) is 12.4 Å². The minimum absolute atomic E-state index is 0.0112. The van der Waals surface area contributed by atoms with E-state index in [2.05, 4.69) is 12.6 Å². The number of nitrogens with zero attached hydrogens (tertiary/aromatic N) is 1. The fourth-order valence-electron chi connectivity index (χ4n) is 1.06. The predicted octanol–water partition coefficient (Wildman–Crippen LogP) is 0.927. The zero-order valence-electron chi connectivity index (χ0n) is 7.14.